The van der Waals surface area contributed by atoms with Crippen molar-refractivity contribution in [2.24, 2.45) is 0 Å². The summed E-state index contributed by atoms with van der Waals surface area (Å²) in [5.41, 5.74) is 3.41. The molecule has 24 heavy (non-hydrogen) atoms. The number of pyridine rings is 1. The second-order valence-electron chi connectivity index (χ2n) is 6.25. The molecular formula is C19H22N4O. The van der Waals surface area contributed by atoms with Crippen molar-refractivity contribution in [1.29, 1.82) is 0 Å². The van der Waals surface area contributed by atoms with Crippen LogP contribution in [0.1, 0.15) is 24.4 Å². The second-order valence-corrected chi connectivity index (χ2v) is 6.25. The van der Waals surface area contributed by atoms with Gasteiger partial charge < -0.3 is 4.74 Å². The maximum absolute atomic E-state index is 5.65. The van der Waals surface area contributed by atoms with Crippen LogP contribution in [0, 0.1) is 0 Å². The fraction of sp³-hybridized carbons (Fsp3) is 0.368. The predicted molar refractivity (Wildman–Crippen MR) is 93.6 cm³/mol. The van der Waals surface area contributed by atoms with Crippen LogP contribution in [0.2, 0.25) is 0 Å². The van der Waals surface area contributed by atoms with Gasteiger partial charge in [-0.25, -0.2) is 0 Å². The lowest BCUT2D eigenvalue weighted by Crippen LogP contribution is -2.39. The highest BCUT2D eigenvalue weighted by atomic mass is 16.5. The van der Waals surface area contributed by atoms with Gasteiger partial charge in [-0.05, 0) is 25.1 Å². The van der Waals surface area contributed by atoms with Crippen LogP contribution in [0.5, 0.6) is 0 Å². The summed E-state index contributed by atoms with van der Waals surface area (Å²) in [5, 5.41) is 5.66. The van der Waals surface area contributed by atoms with Crippen LogP contribution < -0.4 is 0 Å². The fourth-order valence-electron chi connectivity index (χ4n) is 3.39. The molecule has 5 heteroatoms. The van der Waals surface area contributed by atoms with Gasteiger partial charge in [0.05, 0.1) is 29.6 Å². The van der Waals surface area contributed by atoms with E-state index in [9.17, 15) is 0 Å². The van der Waals surface area contributed by atoms with Crippen LogP contribution in [-0.2, 0) is 17.8 Å². The Hall–Kier alpha value is -2.24. The summed E-state index contributed by atoms with van der Waals surface area (Å²) in [7, 11) is 0. The third kappa shape index (κ3) is 3.05. The molecule has 0 spiro atoms. The van der Waals surface area contributed by atoms with Crippen LogP contribution >= 0.6 is 0 Å². The van der Waals surface area contributed by atoms with E-state index in [1.807, 2.05) is 25.3 Å². The topological polar surface area (TPSA) is 43.2 Å². The highest BCUT2D eigenvalue weighted by Crippen LogP contribution is 2.22. The normalized spacial score (nSPS) is 18.0. The van der Waals surface area contributed by atoms with E-state index in [-0.39, 0.29) is 6.04 Å². The van der Waals surface area contributed by atoms with Crippen LogP contribution in [0.3, 0.4) is 0 Å². The lowest BCUT2D eigenvalue weighted by atomic mass is 10.1. The molecule has 1 aliphatic heterocycles. The zero-order valence-electron chi connectivity index (χ0n) is 13.9. The maximum atomic E-state index is 5.65. The number of rotatable bonds is 5. The molecule has 0 N–H and O–H groups in total. The van der Waals surface area contributed by atoms with E-state index < -0.39 is 0 Å². The molecule has 4 rings (SSSR count). The minimum atomic E-state index is 0.268. The molecule has 124 valence electrons. The average Bonchev–Trinajstić information content (AvgIpc) is 3.08. The van der Waals surface area contributed by atoms with Crippen molar-refractivity contribution >= 4 is 10.9 Å². The molecule has 1 atom stereocenters. The summed E-state index contributed by atoms with van der Waals surface area (Å²) in [4.78, 5) is 7.23. The van der Waals surface area contributed by atoms with Gasteiger partial charge in [0.25, 0.3) is 0 Å². The van der Waals surface area contributed by atoms with Crippen molar-refractivity contribution in [3.8, 4) is 0 Å². The van der Waals surface area contributed by atoms with Crippen molar-refractivity contribution in [3.05, 3.63) is 60.0 Å². The third-order valence-electron chi connectivity index (χ3n) is 4.51. The van der Waals surface area contributed by atoms with Gasteiger partial charge in [-0.2, -0.15) is 5.10 Å². The van der Waals surface area contributed by atoms with Gasteiger partial charge >= 0.3 is 0 Å². The minimum absolute atomic E-state index is 0.268. The minimum Gasteiger partial charge on any atom is -0.379 e. The van der Waals surface area contributed by atoms with Crippen molar-refractivity contribution in [2.45, 2.75) is 26.1 Å². The molecule has 3 heterocycles. The summed E-state index contributed by atoms with van der Waals surface area (Å²) < 4.78 is 7.76. The van der Waals surface area contributed by atoms with Crippen LogP contribution in [0.15, 0.2) is 48.7 Å². The number of aromatic nitrogens is 3. The van der Waals surface area contributed by atoms with Crippen molar-refractivity contribution in [3.63, 3.8) is 0 Å². The summed E-state index contributed by atoms with van der Waals surface area (Å²) in [5.74, 6) is 0. The highest BCUT2D eigenvalue weighted by molar-refractivity contribution is 5.78. The smallest absolute Gasteiger partial charge is 0.0883 e. The molecule has 0 amide bonds. The first-order valence-corrected chi connectivity index (χ1v) is 8.50. The summed E-state index contributed by atoms with van der Waals surface area (Å²) >= 11 is 0. The first-order valence-electron chi connectivity index (χ1n) is 8.50. The summed E-state index contributed by atoms with van der Waals surface area (Å²) in [6.45, 7) is 6.15. The van der Waals surface area contributed by atoms with Gasteiger partial charge in [0.1, 0.15) is 0 Å². The molecule has 1 unspecified atom stereocenters. The van der Waals surface area contributed by atoms with Gasteiger partial charge in [0, 0.05) is 37.8 Å². The van der Waals surface area contributed by atoms with Gasteiger partial charge in [-0.15, -0.1) is 0 Å². The first-order chi connectivity index (χ1) is 11.8. The maximum Gasteiger partial charge on any atom is 0.0883 e. The predicted octanol–water partition coefficient (Wildman–Crippen LogP) is 3.02. The highest BCUT2D eigenvalue weighted by Gasteiger charge is 2.25. The SMILES string of the molecule is CCOCC1CN(Cc2ccc3ccccc3n2)Cc2ccnn21. The van der Waals surface area contributed by atoms with Crippen molar-refractivity contribution < 1.29 is 4.74 Å². The number of nitrogens with zero attached hydrogens (tertiary/aromatic N) is 4. The van der Waals surface area contributed by atoms with Crippen molar-refractivity contribution in [2.75, 3.05) is 19.8 Å². The lowest BCUT2D eigenvalue weighted by molar-refractivity contribution is 0.0679. The number of hydrogen-bond donors (Lipinski definition) is 0. The molecule has 0 fully saturated rings. The van der Waals surface area contributed by atoms with Crippen LogP contribution in [0.4, 0.5) is 0 Å². The Balaban J connectivity index is 1.53. The van der Waals surface area contributed by atoms with E-state index in [4.69, 9.17) is 9.72 Å². The number of para-hydroxylation sites is 1. The van der Waals surface area contributed by atoms with E-state index in [0.717, 1.165) is 37.5 Å². The molecule has 0 saturated carbocycles. The molecular weight excluding hydrogens is 300 g/mol. The summed E-state index contributed by atoms with van der Waals surface area (Å²) in [6, 6.07) is 14.9. The molecule has 0 aliphatic carbocycles. The molecule has 0 saturated heterocycles. The van der Waals surface area contributed by atoms with E-state index in [2.05, 4.69) is 45.0 Å². The number of benzene rings is 1. The standard InChI is InChI=1S/C19H22N4O/c1-2-24-14-18-13-22(12-17-9-10-20-23(17)18)11-16-8-7-15-5-3-4-6-19(15)21-16/h3-10,18H,2,11-14H2,1H3. The van der Waals surface area contributed by atoms with Gasteiger partial charge in [0.15, 0.2) is 0 Å². The average molecular weight is 322 g/mol. The summed E-state index contributed by atoms with van der Waals surface area (Å²) in [6.07, 6.45) is 1.88. The van der Waals surface area contributed by atoms with Gasteiger partial charge in [-0.1, -0.05) is 24.3 Å². The van der Waals surface area contributed by atoms with Crippen LogP contribution in [-0.4, -0.2) is 39.4 Å². The second kappa shape index (κ2) is 6.71. The van der Waals surface area contributed by atoms with Gasteiger partial charge in [0.2, 0.25) is 0 Å². The molecule has 0 radical (unpaired) electrons. The van der Waals surface area contributed by atoms with Gasteiger partial charge in [-0.3, -0.25) is 14.6 Å². The Morgan fingerprint density at radius 2 is 2.08 bits per heavy atom. The Bertz CT molecular complexity index is 829. The quantitative estimate of drug-likeness (QED) is 0.724. The molecule has 1 aliphatic rings. The largest absolute Gasteiger partial charge is 0.379 e. The Kier molecular flexibility index (Phi) is 4.28. The molecule has 2 aromatic heterocycles. The van der Waals surface area contributed by atoms with E-state index in [1.165, 1.54) is 11.1 Å². The third-order valence-corrected chi connectivity index (χ3v) is 4.51. The Labute approximate surface area is 141 Å². The van der Waals surface area contributed by atoms with E-state index in [1.54, 1.807) is 0 Å². The number of ether oxygens (including phenoxy) is 1. The Morgan fingerprint density at radius 3 is 3.00 bits per heavy atom. The number of hydrogen-bond acceptors (Lipinski definition) is 4. The fourth-order valence-corrected chi connectivity index (χ4v) is 3.39. The monoisotopic (exact) mass is 322 g/mol. The number of fused-ring (bicyclic) bond motifs is 2. The Morgan fingerprint density at radius 1 is 1.17 bits per heavy atom. The zero-order chi connectivity index (χ0) is 16.4. The first kappa shape index (κ1) is 15.3. The molecule has 5 nitrogen and oxygen atoms in total. The zero-order valence-corrected chi connectivity index (χ0v) is 13.9. The van der Waals surface area contributed by atoms with E-state index in [0.29, 0.717) is 6.61 Å². The molecule has 1 aromatic carbocycles. The molecule has 3 aromatic rings. The van der Waals surface area contributed by atoms with Crippen LogP contribution in [0.25, 0.3) is 10.9 Å². The van der Waals surface area contributed by atoms with E-state index >= 15 is 0 Å². The lowest BCUT2D eigenvalue weighted by Gasteiger charge is -2.33. The van der Waals surface area contributed by atoms with Crippen molar-refractivity contribution in [1.82, 2.24) is 19.7 Å². The molecule has 0 bridgehead atoms.